The van der Waals surface area contributed by atoms with Crippen molar-refractivity contribution in [1.82, 2.24) is 14.5 Å². The number of carbonyl (C=O) groups is 2. The molecule has 5 rings (SSSR count). The quantitative estimate of drug-likeness (QED) is 0.198. The summed E-state index contributed by atoms with van der Waals surface area (Å²) in [4.78, 5) is 52.7. The van der Waals surface area contributed by atoms with Gasteiger partial charge in [-0.05, 0) is 67.8 Å². The van der Waals surface area contributed by atoms with Crippen LogP contribution in [0.1, 0.15) is 42.6 Å². The second kappa shape index (κ2) is 12.4. The van der Waals surface area contributed by atoms with Crippen molar-refractivity contribution in [3.8, 4) is 16.9 Å². The summed E-state index contributed by atoms with van der Waals surface area (Å²) >= 11 is 6.24. The number of Topliss-reactive ketones (excluding diaryl/α,β-unsaturated/α-hetero) is 1. The van der Waals surface area contributed by atoms with E-state index >= 15 is 0 Å². The molecule has 0 radical (unpaired) electrons. The Morgan fingerprint density at radius 3 is 2.62 bits per heavy atom. The van der Waals surface area contributed by atoms with Crippen molar-refractivity contribution in [2.45, 2.75) is 38.3 Å². The monoisotopic (exact) mass is 584 g/mol. The molecule has 10 nitrogen and oxygen atoms in total. The fourth-order valence-electron chi connectivity index (χ4n) is 4.55. The summed E-state index contributed by atoms with van der Waals surface area (Å²) in [6.07, 6.45) is 10.00. The molecule has 1 amide bonds. The molecular formula is C31H29ClN6O4. The first-order valence-electron chi connectivity index (χ1n) is 13.3. The minimum absolute atomic E-state index is 0.0220. The Balaban J connectivity index is 1.55. The van der Waals surface area contributed by atoms with E-state index in [0.717, 1.165) is 12.8 Å². The lowest BCUT2D eigenvalue weighted by atomic mass is 9.97. The summed E-state index contributed by atoms with van der Waals surface area (Å²) in [6, 6.07) is 10.6. The third-order valence-corrected chi connectivity index (χ3v) is 7.09. The molecule has 1 aliphatic rings. The Morgan fingerprint density at radius 1 is 1.14 bits per heavy atom. The number of nitrogens with one attached hydrogen (secondary N) is 1. The number of hydrogen-bond donors (Lipinski definition) is 2. The lowest BCUT2D eigenvalue weighted by Gasteiger charge is -2.22. The summed E-state index contributed by atoms with van der Waals surface area (Å²) in [7, 11) is 1.44. The number of rotatable bonds is 10. The number of nitrogens with two attached hydrogens (primary N) is 1. The minimum atomic E-state index is -1.05. The number of aliphatic imine (C=N–C) groups is 1. The molecule has 0 saturated heterocycles. The number of pyridine rings is 1. The Morgan fingerprint density at radius 2 is 1.90 bits per heavy atom. The Kier molecular flexibility index (Phi) is 8.44. The fourth-order valence-corrected chi connectivity index (χ4v) is 4.72. The number of halogens is 1. The maximum Gasteiger partial charge on any atom is 0.252 e. The Labute approximate surface area is 246 Å². The second-order valence-corrected chi connectivity index (χ2v) is 10.4. The van der Waals surface area contributed by atoms with Crippen LogP contribution in [-0.2, 0) is 4.79 Å². The zero-order valence-electron chi connectivity index (χ0n) is 23.1. The van der Waals surface area contributed by atoms with Crippen LogP contribution in [0.25, 0.3) is 22.2 Å². The maximum atomic E-state index is 13.7. The van der Waals surface area contributed by atoms with Crippen LogP contribution in [0.2, 0.25) is 5.02 Å². The van der Waals surface area contributed by atoms with Gasteiger partial charge in [-0.15, -0.1) is 0 Å². The van der Waals surface area contributed by atoms with Crippen LogP contribution < -0.4 is 21.3 Å². The number of ketones is 1. The van der Waals surface area contributed by atoms with Crippen LogP contribution in [0.3, 0.4) is 0 Å². The third-order valence-electron chi connectivity index (χ3n) is 6.85. The number of aromatic nitrogens is 3. The number of fused-ring (bicyclic) bond motifs is 1. The standard InChI is InChI=1S/C31H29ClN6O4/c1-18(39)23-7-3-19(32)13-24(23)25-16-30(40)38(17-29(25)42-2)28(14-20(33)9-10-34-21-4-5-21)31(41)37-22-6-8-26-27(15-22)36-12-11-35-26/h3,6-13,15-17,21,28H,4-5,14,33H2,1-2H3,(H,37,41). The van der Waals surface area contributed by atoms with E-state index in [0.29, 0.717) is 50.2 Å². The SMILES string of the molecule is COc1cn(C(CC(N)=CC=NC2CC2)C(=O)Nc2ccc3nccnc3c2)c(=O)cc1-c1cc(Cl)ccc1C(C)=O. The number of carbonyl (C=O) groups excluding carboxylic acids is 2. The van der Waals surface area contributed by atoms with Gasteiger partial charge in [-0.25, -0.2) is 0 Å². The van der Waals surface area contributed by atoms with Crippen LogP contribution in [0.15, 0.2) is 82.6 Å². The number of allylic oxidation sites excluding steroid dienone is 2. The zero-order chi connectivity index (χ0) is 29.8. The van der Waals surface area contributed by atoms with Gasteiger partial charge in [-0.3, -0.25) is 33.9 Å². The van der Waals surface area contributed by atoms with Crippen LogP contribution >= 0.6 is 11.6 Å². The zero-order valence-corrected chi connectivity index (χ0v) is 23.8. The van der Waals surface area contributed by atoms with E-state index in [4.69, 9.17) is 22.1 Å². The minimum Gasteiger partial charge on any atom is -0.495 e. The van der Waals surface area contributed by atoms with Gasteiger partial charge in [0.25, 0.3) is 5.56 Å². The van der Waals surface area contributed by atoms with E-state index in [9.17, 15) is 14.4 Å². The highest BCUT2D eigenvalue weighted by Crippen LogP contribution is 2.34. The van der Waals surface area contributed by atoms with Crippen molar-refractivity contribution >= 4 is 46.2 Å². The molecule has 42 heavy (non-hydrogen) atoms. The molecule has 11 heteroatoms. The van der Waals surface area contributed by atoms with Crippen molar-refractivity contribution in [3.63, 3.8) is 0 Å². The number of ether oxygens (including phenoxy) is 1. The van der Waals surface area contributed by atoms with E-state index in [-0.39, 0.29) is 18.0 Å². The largest absolute Gasteiger partial charge is 0.495 e. The molecule has 3 N–H and O–H groups in total. The summed E-state index contributed by atoms with van der Waals surface area (Å²) < 4.78 is 6.91. The maximum absolute atomic E-state index is 13.7. The van der Waals surface area contributed by atoms with Crippen LogP contribution in [0, 0.1) is 0 Å². The molecule has 1 aliphatic carbocycles. The number of anilines is 1. The van der Waals surface area contributed by atoms with Crippen molar-refractivity contribution in [3.05, 3.63) is 93.8 Å². The molecule has 2 aromatic heterocycles. The van der Waals surface area contributed by atoms with Crippen molar-refractivity contribution in [1.29, 1.82) is 0 Å². The first-order chi connectivity index (χ1) is 20.2. The highest BCUT2D eigenvalue weighted by Gasteiger charge is 2.26. The van der Waals surface area contributed by atoms with E-state index in [1.165, 1.54) is 30.9 Å². The molecule has 0 aliphatic heterocycles. The highest BCUT2D eigenvalue weighted by molar-refractivity contribution is 6.31. The Hall–Kier alpha value is -4.83. The summed E-state index contributed by atoms with van der Waals surface area (Å²) in [5.41, 5.74) is 9.15. The second-order valence-electron chi connectivity index (χ2n) is 9.99. The smallest absolute Gasteiger partial charge is 0.252 e. The lowest BCUT2D eigenvalue weighted by Crippen LogP contribution is -2.34. The molecular weight excluding hydrogens is 556 g/mol. The first kappa shape index (κ1) is 28.7. The molecule has 0 spiro atoms. The van der Waals surface area contributed by atoms with Crippen LogP contribution in [0.5, 0.6) is 5.75 Å². The Bertz CT molecular complexity index is 1790. The summed E-state index contributed by atoms with van der Waals surface area (Å²) in [6.45, 7) is 1.43. The highest BCUT2D eigenvalue weighted by atomic mass is 35.5. The predicted molar refractivity (Wildman–Crippen MR) is 163 cm³/mol. The number of hydrogen-bond acceptors (Lipinski definition) is 8. The van der Waals surface area contributed by atoms with E-state index in [2.05, 4.69) is 20.3 Å². The topological polar surface area (TPSA) is 142 Å². The molecule has 1 atom stereocenters. The fraction of sp³-hybridized carbons (Fsp3) is 0.226. The lowest BCUT2D eigenvalue weighted by molar-refractivity contribution is -0.119. The van der Waals surface area contributed by atoms with Crippen molar-refractivity contribution in [2.75, 3.05) is 12.4 Å². The van der Waals surface area contributed by atoms with Gasteiger partial charge < -0.3 is 15.8 Å². The van der Waals surface area contributed by atoms with Gasteiger partial charge in [-0.2, -0.15) is 0 Å². The normalized spacial score (nSPS) is 14.2. The number of benzene rings is 2. The number of amides is 1. The predicted octanol–water partition coefficient (Wildman–Crippen LogP) is 4.97. The average molecular weight is 585 g/mol. The van der Waals surface area contributed by atoms with Gasteiger partial charge in [0.2, 0.25) is 5.91 Å². The van der Waals surface area contributed by atoms with E-state index < -0.39 is 17.5 Å². The van der Waals surface area contributed by atoms with Gasteiger partial charge >= 0.3 is 0 Å². The number of methoxy groups -OCH3 is 1. The van der Waals surface area contributed by atoms with Gasteiger partial charge in [0.1, 0.15) is 11.8 Å². The van der Waals surface area contributed by atoms with Crippen molar-refractivity contribution in [2.24, 2.45) is 10.7 Å². The molecule has 214 valence electrons. The van der Waals surface area contributed by atoms with Crippen LogP contribution in [-0.4, -0.2) is 45.6 Å². The summed E-state index contributed by atoms with van der Waals surface area (Å²) in [5.74, 6) is -0.398. The molecule has 2 aromatic carbocycles. The molecule has 1 fully saturated rings. The van der Waals surface area contributed by atoms with Crippen molar-refractivity contribution < 1.29 is 14.3 Å². The van der Waals surface area contributed by atoms with Gasteiger partial charge in [0.05, 0.1) is 30.4 Å². The van der Waals surface area contributed by atoms with E-state index in [1.54, 1.807) is 61.1 Å². The summed E-state index contributed by atoms with van der Waals surface area (Å²) in [5, 5.41) is 3.27. The first-order valence-corrected chi connectivity index (χ1v) is 13.7. The molecule has 2 heterocycles. The van der Waals surface area contributed by atoms with Gasteiger partial charge in [0.15, 0.2) is 5.78 Å². The molecule has 1 unspecified atom stereocenters. The van der Waals surface area contributed by atoms with Crippen LogP contribution in [0.4, 0.5) is 5.69 Å². The third kappa shape index (κ3) is 6.55. The van der Waals surface area contributed by atoms with Gasteiger partial charge in [0, 0.05) is 58.6 Å². The van der Waals surface area contributed by atoms with E-state index in [1.807, 2.05) is 0 Å². The molecule has 0 bridgehead atoms. The van der Waals surface area contributed by atoms with Gasteiger partial charge in [-0.1, -0.05) is 11.6 Å². The molecule has 1 saturated carbocycles. The molecule has 4 aromatic rings. The number of nitrogens with zero attached hydrogens (tertiary/aromatic N) is 4. The average Bonchev–Trinajstić information content (AvgIpc) is 3.80.